The number of hydrogen-bond donors (Lipinski definition) is 0. The van der Waals surface area contributed by atoms with Crippen LogP contribution in [0.15, 0.2) is 47.0 Å². The van der Waals surface area contributed by atoms with Crippen molar-refractivity contribution in [3.05, 3.63) is 59.3 Å². The molecule has 1 atom stereocenters. The third kappa shape index (κ3) is 3.00. The summed E-state index contributed by atoms with van der Waals surface area (Å²) in [5.41, 5.74) is 3.51. The average Bonchev–Trinajstić information content (AvgIpc) is 3.41. The van der Waals surface area contributed by atoms with Gasteiger partial charge in [-0.25, -0.2) is 12.7 Å². The van der Waals surface area contributed by atoms with Gasteiger partial charge in [-0.2, -0.15) is 0 Å². The zero-order valence-corrected chi connectivity index (χ0v) is 15.6. The molecular weight excluding hydrogens is 364 g/mol. The molecule has 0 spiro atoms. The van der Waals surface area contributed by atoms with Gasteiger partial charge in [0.15, 0.2) is 5.58 Å². The highest BCUT2D eigenvalue weighted by atomic mass is 32.2. The van der Waals surface area contributed by atoms with Crippen molar-refractivity contribution in [3.8, 4) is 5.75 Å². The first-order valence-corrected chi connectivity index (χ1v) is 10.8. The highest BCUT2D eigenvalue weighted by Crippen LogP contribution is 2.34. The van der Waals surface area contributed by atoms with E-state index < -0.39 is 10.0 Å². The van der Waals surface area contributed by atoms with Crippen molar-refractivity contribution in [3.63, 3.8) is 0 Å². The Morgan fingerprint density at radius 1 is 1.19 bits per heavy atom. The quantitative estimate of drug-likeness (QED) is 0.691. The number of aromatic nitrogens is 1. The number of hydrogen-bond acceptors (Lipinski definition) is 5. The van der Waals surface area contributed by atoms with E-state index in [9.17, 15) is 8.42 Å². The lowest BCUT2D eigenvalue weighted by Crippen LogP contribution is -2.30. The molecule has 0 radical (unpaired) electrons. The van der Waals surface area contributed by atoms with Gasteiger partial charge in [0.25, 0.3) is 0 Å². The predicted molar refractivity (Wildman–Crippen MR) is 101 cm³/mol. The van der Waals surface area contributed by atoms with E-state index in [2.05, 4.69) is 17.3 Å². The van der Waals surface area contributed by atoms with Crippen LogP contribution in [-0.4, -0.2) is 37.6 Å². The zero-order chi connectivity index (χ0) is 18.4. The van der Waals surface area contributed by atoms with E-state index in [-0.39, 0.29) is 11.7 Å². The Bertz CT molecular complexity index is 1110. The predicted octanol–water partition coefficient (Wildman–Crippen LogP) is 3.08. The SMILES string of the molecule is O=S(=O)(Cc1noc2ccccc12)N1CC[C@H](c2ccc3c(c2)CCO3)C1. The van der Waals surface area contributed by atoms with Crippen molar-refractivity contribution >= 4 is 21.0 Å². The second-order valence-corrected chi connectivity index (χ2v) is 9.16. The zero-order valence-electron chi connectivity index (χ0n) is 14.8. The van der Waals surface area contributed by atoms with E-state index in [1.807, 2.05) is 24.3 Å². The first-order chi connectivity index (χ1) is 13.1. The highest BCUT2D eigenvalue weighted by Gasteiger charge is 2.33. The summed E-state index contributed by atoms with van der Waals surface area (Å²) in [6.07, 6.45) is 1.76. The summed E-state index contributed by atoms with van der Waals surface area (Å²) in [6.45, 7) is 1.78. The standard InChI is InChI=1S/C20H20N2O4S/c23-27(24,13-18-17-3-1-2-4-20(17)26-21-18)22-9-7-16(12-22)14-5-6-19-15(11-14)8-10-25-19/h1-6,11,16H,7-10,12-13H2/t16-/m0/s1. The van der Waals surface area contributed by atoms with Crippen LogP contribution in [0.5, 0.6) is 5.75 Å². The topological polar surface area (TPSA) is 72.6 Å². The van der Waals surface area contributed by atoms with E-state index in [1.165, 1.54) is 11.1 Å². The molecule has 1 saturated heterocycles. The molecular formula is C20H20N2O4S. The van der Waals surface area contributed by atoms with Crippen molar-refractivity contribution in [2.24, 2.45) is 0 Å². The minimum absolute atomic E-state index is 0.130. The van der Waals surface area contributed by atoms with Gasteiger partial charge in [-0.1, -0.05) is 29.4 Å². The molecule has 0 amide bonds. The molecule has 6 nitrogen and oxygen atoms in total. The molecule has 1 fully saturated rings. The summed E-state index contributed by atoms with van der Waals surface area (Å²) in [5.74, 6) is 1.05. The molecule has 140 valence electrons. The number of rotatable bonds is 4. The maximum Gasteiger partial charge on any atom is 0.220 e. The first-order valence-electron chi connectivity index (χ1n) is 9.17. The van der Waals surface area contributed by atoms with Gasteiger partial charge in [-0.05, 0) is 41.7 Å². The van der Waals surface area contributed by atoms with Crippen molar-refractivity contribution in [1.29, 1.82) is 0 Å². The lowest BCUT2D eigenvalue weighted by molar-refractivity contribution is 0.357. The van der Waals surface area contributed by atoms with Gasteiger partial charge in [-0.15, -0.1) is 0 Å². The molecule has 2 aliphatic rings. The van der Waals surface area contributed by atoms with Crippen LogP contribution in [0.2, 0.25) is 0 Å². The van der Waals surface area contributed by atoms with Crippen LogP contribution < -0.4 is 4.74 Å². The number of ether oxygens (including phenoxy) is 1. The molecule has 0 saturated carbocycles. The van der Waals surface area contributed by atoms with Crippen LogP contribution >= 0.6 is 0 Å². The Kier molecular flexibility index (Phi) is 3.94. The molecule has 2 aliphatic heterocycles. The lowest BCUT2D eigenvalue weighted by atomic mass is 9.96. The summed E-state index contributed by atoms with van der Waals surface area (Å²) in [6, 6.07) is 13.6. The van der Waals surface area contributed by atoms with Crippen LogP contribution in [0.4, 0.5) is 0 Å². The van der Waals surface area contributed by atoms with Crippen LogP contribution in [0.1, 0.15) is 29.2 Å². The summed E-state index contributed by atoms with van der Waals surface area (Å²) in [5, 5.41) is 4.73. The van der Waals surface area contributed by atoms with E-state index >= 15 is 0 Å². The van der Waals surface area contributed by atoms with E-state index in [0.717, 1.165) is 30.6 Å². The number of benzene rings is 2. The normalized spacial score (nSPS) is 20.1. The van der Waals surface area contributed by atoms with Crippen molar-refractivity contribution in [2.75, 3.05) is 19.7 Å². The van der Waals surface area contributed by atoms with Crippen molar-refractivity contribution in [1.82, 2.24) is 9.46 Å². The fourth-order valence-corrected chi connectivity index (χ4v) is 5.55. The highest BCUT2D eigenvalue weighted by molar-refractivity contribution is 7.88. The maximum absolute atomic E-state index is 12.9. The molecule has 1 aromatic heterocycles. The van der Waals surface area contributed by atoms with Crippen LogP contribution in [-0.2, 0) is 22.2 Å². The summed E-state index contributed by atoms with van der Waals surface area (Å²) in [4.78, 5) is 0. The second-order valence-electron chi connectivity index (χ2n) is 7.19. The summed E-state index contributed by atoms with van der Waals surface area (Å²) >= 11 is 0. The molecule has 0 unspecified atom stereocenters. The van der Waals surface area contributed by atoms with Gasteiger partial charge in [0.2, 0.25) is 10.0 Å². The van der Waals surface area contributed by atoms with Crippen LogP contribution in [0.25, 0.3) is 11.0 Å². The molecule has 27 heavy (non-hydrogen) atoms. The van der Waals surface area contributed by atoms with Gasteiger partial charge in [0, 0.05) is 24.9 Å². The summed E-state index contributed by atoms with van der Waals surface area (Å²) < 4.78 is 38.3. The number of para-hydroxylation sites is 1. The van der Waals surface area contributed by atoms with E-state index in [1.54, 1.807) is 10.4 Å². The third-order valence-electron chi connectivity index (χ3n) is 5.50. The Morgan fingerprint density at radius 2 is 2.07 bits per heavy atom. The monoisotopic (exact) mass is 384 g/mol. The fourth-order valence-electron chi connectivity index (χ4n) is 4.02. The minimum Gasteiger partial charge on any atom is -0.493 e. The molecule has 2 aromatic carbocycles. The van der Waals surface area contributed by atoms with Crippen molar-refractivity contribution < 1.29 is 17.7 Å². The Morgan fingerprint density at radius 3 is 3.00 bits per heavy atom. The van der Waals surface area contributed by atoms with Gasteiger partial charge in [0.1, 0.15) is 17.2 Å². The lowest BCUT2D eigenvalue weighted by Gasteiger charge is -2.16. The first kappa shape index (κ1) is 16.8. The molecule has 7 heteroatoms. The third-order valence-corrected chi connectivity index (χ3v) is 7.26. The summed E-state index contributed by atoms with van der Waals surface area (Å²) in [7, 11) is -3.44. The maximum atomic E-state index is 12.9. The second kappa shape index (κ2) is 6.35. The molecule has 5 rings (SSSR count). The Hall–Kier alpha value is -2.38. The number of fused-ring (bicyclic) bond motifs is 2. The molecule has 0 bridgehead atoms. The number of sulfonamides is 1. The number of nitrogens with zero attached hydrogens (tertiary/aromatic N) is 2. The fraction of sp³-hybridized carbons (Fsp3) is 0.350. The molecule has 3 aromatic rings. The largest absolute Gasteiger partial charge is 0.493 e. The average molecular weight is 384 g/mol. The van der Waals surface area contributed by atoms with Crippen LogP contribution in [0, 0.1) is 0 Å². The molecule has 3 heterocycles. The molecule has 0 aliphatic carbocycles. The van der Waals surface area contributed by atoms with Crippen molar-refractivity contribution in [2.45, 2.75) is 24.5 Å². The van der Waals surface area contributed by atoms with Gasteiger partial charge >= 0.3 is 0 Å². The minimum atomic E-state index is -3.44. The Balaban J connectivity index is 1.34. The van der Waals surface area contributed by atoms with Gasteiger partial charge < -0.3 is 9.26 Å². The van der Waals surface area contributed by atoms with Gasteiger partial charge in [0.05, 0.1) is 6.61 Å². The Labute approximate surface area is 157 Å². The van der Waals surface area contributed by atoms with E-state index in [4.69, 9.17) is 9.26 Å². The van der Waals surface area contributed by atoms with Gasteiger partial charge in [-0.3, -0.25) is 0 Å². The van der Waals surface area contributed by atoms with Crippen LogP contribution in [0.3, 0.4) is 0 Å². The molecule has 0 N–H and O–H groups in total. The van der Waals surface area contributed by atoms with E-state index in [0.29, 0.717) is 24.4 Å². The smallest absolute Gasteiger partial charge is 0.220 e.